The number of ether oxygens (including phenoxy) is 1. The molecule has 3 N–H and O–H groups in total. The Morgan fingerprint density at radius 3 is 2.15 bits per heavy atom. The summed E-state index contributed by atoms with van der Waals surface area (Å²) in [7, 11) is 1.15. The Balaban J connectivity index is 1.34. The summed E-state index contributed by atoms with van der Waals surface area (Å²) in [6.45, 7) is 1.73. The molecule has 0 radical (unpaired) electrons. The highest BCUT2D eigenvalue weighted by Gasteiger charge is 2.62. The van der Waals surface area contributed by atoms with Gasteiger partial charge in [0.1, 0.15) is 11.6 Å². The molecule has 0 saturated carbocycles. The lowest BCUT2D eigenvalue weighted by atomic mass is 9.82. The van der Waals surface area contributed by atoms with Crippen molar-refractivity contribution in [3.63, 3.8) is 0 Å². The molecule has 2 aromatic rings. The lowest BCUT2D eigenvalue weighted by Gasteiger charge is -2.40. The number of rotatable bonds is 7. The van der Waals surface area contributed by atoms with Crippen molar-refractivity contribution in [3.05, 3.63) is 58.4 Å². The van der Waals surface area contributed by atoms with Crippen LogP contribution in [-0.4, -0.2) is 61.3 Å². The fourth-order valence-electron chi connectivity index (χ4n) is 5.70. The van der Waals surface area contributed by atoms with Crippen LogP contribution in [-0.2, 0) is 10.4 Å². The maximum Gasteiger partial charge on any atom is 0.430 e. The number of alkyl halides is 3. The first-order valence-electron chi connectivity index (χ1n) is 13.1. The Morgan fingerprint density at radius 2 is 1.62 bits per heavy atom. The van der Waals surface area contributed by atoms with Crippen molar-refractivity contribution in [2.24, 2.45) is 17.6 Å². The molecule has 7 nitrogen and oxygen atoms in total. The van der Waals surface area contributed by atoms with E-state index in [2.05, 4.69) is 4.90 Å². The number of carbonyl (C=O) groups excluding carboxylic acids is 2. The third-order valence-corrected chi connectivity index (χ3v) is 8.32. The molecule has 2 fully saturated rings. The molecular formula is C28H32ClF4N3O4. The maximum atomic E-state index is 14.1. The highest BCUT2D eigenvalue weighted by atomic mass is 35.5. The molecule has 2 amide bonds. The summed E-state index contributed by atoms with van der Waals surface area (Å²) in [5.74, 6) is -2.73. The molecule has 1 atom stereocenters. The molecule has 1 unspecified atom stereocenters. The zero-order valence-electron chi connectivity index (χ0n) is 22.0. The molecule has 2 aliphatic rings. The maximum absolute atomic E-state index is 14.1. The number of benzene rings is 2. The number of primary amides is 1. The van der Waals surface area contributed by atoms with E-state index >= 15 is 0 Å². The summed E-state index contributed by atoms with van der Waals surface area (Å²) in [5, 5.41) is 11.0. The summed E-state index contributed by atoms with van der Waals surface area (Å²) in [4.78, 5) is 27.7. The van der Waals surface area contributed by atoms with Gasteiger partial charge in [-0.15, -0.1) is 0 Å². The van der Waals surface area contributed by atoms with E-state index in [0.29, 0.717) is 29.8 Å². The first-order chi connectivity index (χ1) is 18.8. The minimum atomic E-state index is -5.36. The van der Waals surface area contributed by atoms with Gasteiger partial charge in [-0.25, -0.2) is 4.39 Å². The smallest absolute Gasteiger partial charge is 0.430 e. The molecule has 4 rings (SSSR count). The molecule has 0 bridgehead atoms. The van der Waals surface area contributed by atoms with E-state index in [-0.39, 0.29) is 30.3 Å². The molecule has 2 aromatic carbocycles. The number of halogens is 5. The Labute approximate surface area is 234 Å². The van der Waals surface area contributed by atoms with Crippen LogP contribution in [0.25, 0.3) is 0 Å². The number of nitrogens with zero attached hydrogens (tertiary/aromatic N) is 2. The van der Waals surface area contributed by atoms with Gasteiger partial charge in [-0.1, -0.05) is 11.6 Å². The lowest BCUT2D eigenvalue weighted by Crippen LogP contribution is -2.57. The third kappa shape index (κ3) is 6.15. The van der Waals surface area contributed by atoms with Gasteiger partial charge >= 0.3 is 6.18 Å². The van der Waals surface area contributed by atoms with Gasteiger partial charge in [0, 0.05) is 43.5 Å². The average Bonchev–Trinajstić information content (AvgIpc) is 2.91. The first-order valence-corrected chi connectivity index (χ1v) is 13.5. The predicted octanol–water partition coefficient (Wildman–Crippen LogP) is 4.88. The van der Waals surface area contributed by atoms with Crippen LogP contribution in [0.2, 0.25) is 5.02 Å². The second-order valence-corrected chi connectivity index (χ2v) is 10.9. The SMILES string of the molecule is COc1cc(F)cc(C(O)(C(=O)N2CCC(CC3CCN(c4ccc(C(N)=O)c(Cl)c4)CC3)CC2)C(F)(F)F)c1. The number of carbonyl (C=O) groups is 2. The van der Waals surface area contributed by atoms with Crippen molar-refractivity contribution >= 4 is 29.1 Å². The largest absolute Gasteiger partial charge is 0.497 e. The summed E-state index contributed by atoms with van der Waals surface area (Å²) >= 11 is 6.19. The van der Waals surface area contributed by atoms with Crippen molar-refractivity contribution in [1.29, 1.82) is 0 Å². The standard InChI is InChI=1S/C28H32ClF4N3O4/c1-40-22-14-19(13-20(30)15-22)27(39,28(31,32)33)26(38)36-10-6-18(7-11-36)12-17-4-8-35(9-5-17)21-2-3-23(25(34)37)24(29)16-21/h2-3,13-18,39H,4-12H2,1H3,(H2,34,37). The summed E-state index contributed by atoms with van der Waals surface area (Å²) in [6, 6.07) is 7.37. The molecule has 40 heavy (non-hydrogen) atoms. The van der Waals surface area contributed by atoms with E-state index in [9.17, 15) is 32.3 Å². The van der Waals surface area contributed by atoms with Crippen LogP contribution < -0.4 is 15.4 Å². The molecular weight excluding hydrogens is 554 g/mol. The number of piperidine rings is 2. The molecule has 0 spiro atoms. The Kier molecular flexibility index (Phi) is 8.84. The minimum Gasteiger partial charge on any atom is -0.497 e. The predicted molar refractivity (Wildman–Crippen MR) is 142 cm³/mol. The Morgan fingerprint density at radius 1 is 1.02 bits per heavy atom. The number of aliphatic hydroxyl groups is 1. The third-order valence-electron chi connectivity index (χ3n) is 8.01. The zero-order valence-corrected chi connectivity index (χ0v) is 22.8. The summed E-state index contributed by atoms with van der Waals surface area (Å²) in [6.07, 6.45) is -1.61. The summed E-state index contributed by atoms with van der Waals surface area (Å²) in [5.41, 5.74) is 1.70. The quantitative estimate of drug-likeness (QED) is 0.452. The van der Waals surface area contributed by atoms with Crippen molar-refractivity contribution in [1.82, 2.24) is 4.90 Å². The average molecular weight is 586 g/mol. The second kappa shape index (κ2) is 11.8. The van der Waals surface area contributed by atoms with E-state index in [1.807, 2.05) is 6.07 Å². The van der Waals surface area contributed by atoms with Gasteiger partial charge in [0.05, 0.1) is 17.7 Å². The van der Waals surface area contributed by atoms with Gasteiger partial charge in [0.2, 0.25) is 5.91 Å². The van der Waals surface area contributed by atoms with Crippen LogP contribution in [0.15, 0.2) is 36.4 Å². The van der Waals surface area contributed by atoms with E-state index in [1.165, 1.54) is 0 Å². The number of likely N-dealkylation sites (tertiary alicyclic amines) is 1. The fraction of sp³-hybridized carbons (Fsp3) is 0.500. The lowest BCUT2D eigenvalue weighted by molar-refractivity contribution is -0.262. The van der Waals surface area contributed by atoms with E-state index in [1.54, 1.807) is 12.1 Å². The highest BCUT2D eigenvalue weighted by Crippen LogP contribution is 2.43. The van der Waals surface area contributed by atoms with E-state index in [0.717, 1.165) is 62.2 Å². The van der Waals surface area contributed by atoms with Gasteiger partial charge < -0.3 is 25.4 Å². The van der Waals surface area contributed by atoms with Gasteiger partial charge in [-0.2, -0.15) is 13.2 Å². The summed E-state index contributed by atoms with van der Waals surface area (Å²) < 4.78 is 61.1. The molecule has 2 saturated heterocycles. The van der Waals surface area contributed by atoms with Crippen molar-refractivity contribution in [2.45, 2.75) is 43.9 Å². The Bertz CT molecular complexity index is 1240. The van der Waals surface area contributed by atoms with Crippen LogP contribution in [0.4, 0.5) is 23.2 Å². The van der Waals surface area contributed by atoms with Crippen LogP contribution in [0.5, 0.6) is 5.75 Å². The van der Waals surface area contributed by atoms with Crippen LogP contribution in [0.1, 0.15) is 48.0 Å². The fourth-order valence-corrected chi connectivity index (χ4v) is 5.97. The van der Waals surface area contributed by atoms with E-state index in [4.69, 9.17) is 22.1 Å². The number of amides is 2. The molecule has 2 aliphatic heterocycles. The number of anilines is 1. The number of hydrogen-bond acceptors (Lipinski definition) is 5. The molecule has 218 valence electrons. The van der Waals surface area contributed by atoms with Crippen molar-refractivity contribution in [2.75, 3.05) is 38.2 Å². The van der Waals surface area contributed by atoms with E-state index < -0.39 is 35.0 Å². The molecule has 12 heteroatoms. The monoisotopic (exact) mass is 585 g/mol. The normalized spacial score (nSPS) is 18.9. The minimum absolute atomic E-state index is 0.0674. The number of hydrogen-bond donors (Lipinski definition) is 2. The zero-order chi connectivity index (χ0) is 29.2. The molecule has 0 aliphatic carbocycles. The van der Waals surface area contributed by atoms with Gasteiger partial charge in [0.15, 0.2) is 0 Å². The molecule has 2 heterocycles. The molecule has 0 aromatic heterocycles. The number of methoxy groups -OCH3 is 1. The topological polar surface area (TPSA) is 96.1 Å². The van der Waals surface area contributed by atoms with Crippen molar-refractivity contribution in [3.8, 4) is 5.75 Å². The van der Waals surface area contributed by atoms with Gasteiger partial charge in [0.25, 0.3) is 11.5 Å². The highest BCUT2D eigenvalue weighted by molar-refractivity contribution is 6.34. The van der Waals surface area contributed by atoms with Crippen LogP contribution in [0.3, 0.4) is 0 Å². The first kappa shape index (κ1) is 29.9. The van der Waals surface area contributed by atoms with Crippen LogP contribution >= 0.6 is 11.6 Å². The Hall–Kier alpha value is -3.05. The number of nitrogens with two attached hydrogens (primary N) is 1. The van der Waals surface area contributed by atoms with Gasteiger partial charge in [-0.3, -0.25) is 9.59 Å². The second-order valence-electron chi connectivity index (χ2n) is 10.5. The van der Waals surface area contributed by atoms with Crippen molar-refractivity contribution < 1.29 is 37.0 Å². The van der Waals surface area contributed by atoms with Crippen LogP contribution in [0, 0.1) is 17.7 Å². The van der Waals surface area contributed by atoms with Gasteiger partial charge in [-0.05, 0) is 74.3 Å².